The standard InChI is InChI=1S/C9H14N2OS2.ClH/c12-14(9-11-5-6-13-9)7-8-1-3-10-4-2-8;/h5-6,8,10H,1-4,7H2;1H. The van der Waals surface area contributed by atoms with Crippen LogP contribution in [0, 0.1) is 5.92 Å². The number of rotatable bonds is 3. The van der Waals surface area contributed by atoms with E-state index in [1.807, 2.05) is 5.38 Å². The molecule has 1 aliphatic heterocycles. The van der Waals surface area contributed by atoms with Gasteiger partial charge in [0.05, 0.1) is 10.8 Å². The second-order valence-corrected chi connectivity index (χ2v) is 6.07. The number of hydrogen-bond acceptors (Lipinski definition) is 4. The highest BCUT2D eigenvalue weighted by molar-refractivity contribution is 7.87. The Morgan fingerprint density at radius 1 is 1.53 bits per heavy atom. The Hall–Kier alpha value is 0.0300. The monoisotopic (exact) mass is 266 g/mol. The van der Waals surface area contributed by atoms with Gasteiger partial charge in [0.15, 0.2) is 4.34 Å². The number of nitrogens with one attached hydrogen (secondary N) is 1. The predicted molar refractivity (Wildman–Crippen MR) is 66.2 cm³/mol. The molecule has 3 nitrogen and oxygen atoms in total. The molecule has 1 aromatic rings. The summed E-state index contributed by atoms with van der Waals surface area (Å²) in [5, 5.41) is 5.20. The smallest absolute Gasteiger partial charge is 0.180 e. The average molecular weight is 267 g/mol. The van der Waals surface area contributed by atoms with E-state index in [4.69, 9.17) is 0 Å². The van der Waals surface area contributed by atoms with E-state index in [-0.39, 0.29) is 12.4 Å². The van der Waals surface area contributed by atoms with Crippen LogP contribution in [0.15, 0.2) is 15.9 Å². The van der Waals surface area contributed by atoms with Crippen molar-refractivity contribution < 1.29 is 4.21 Å². The molecule has 0 spiro atoms. The van der Waals surface area contributed by atoms with Crippen molar-refractivity contribution in [2.45, 2.75) is 17.2 Å². The number of halogens is 1. The minimum absolute atomic E-state index is 0. The molecule has 1 saturated heterocycles. The average Bonchev–Trinajstić information content (AvgIpc) is 2.72. The molecule has 2 heterocycles. The summed E-state index contributed by atoms with van der Waals surface area (Å²) in [6.07, 6.45) is 4.02. The third-order valence-electron chi connectivity index (χ3n) is 2.45. The van der Waals surface area contributed by atoms with Crippen molar-refractivity contribution in [1.29, 1.82) is 0 Å². The highest BCUT2D eigenvalue weighted by Crippen LogP contribution is 2.18. The van der Waals surface area contributed by atoms with Crippen LogP contribution in [0.5, 0.6) is 0 Å². The number of piperidine rings is 1. The van der Waals surface area contributed by atoms with E-state index in [9.17, 15) is 4.21 Å². The first-order valence-corrected chi connectivity index (χ1v) is 7.04. The van der Waals surface area contributed by atoms with E-state index < -0.39 is 10.8 Å². The van der Waals surface area contributed by atoms with E-state index in [0.717, 1.165) is 36.0 Å². The first-order chi connectivity index (χ1) is 6.86. The van der Waals surface area contributed by atoms with E-state index >= 15 is 0 Å². The zero-order valence-electron chi connectivity index (χ0n) is 8.35. The van der Waals surface area contributed by atoms with Crippen LogP contribution in [0.4, 0.5) is 0 Å². The SMILES string of the molecule is Cl.O=S(CC1CCNCC1)c1nccs1. The molecule has 0 aromatic carbocycles. The molecule has 0 amide bonds. The highest BCUT2D eigenvalue weighted by Gasteiger charge is 2.17. The van der Waals surface area contributed by atoms with E-state index in [1.165, 1.54) is 11.3 Å². The van der Waals surface area contributed by atoms with Crippen molar-refractivity contribution in [2.24, 2.45) is 5.92 Å². The molecule has 1 atom stereocenters. The van der Waals surface area contributed by atoms with Gasteiger partial charge in [-0.2, -0.15) is 0 Å². The molecule has 0 saturated carbocycles. The van der Waals surface area contributed by atoms with Crippen LogP contribution < -0.4 is 5.32 Å². The van der Waals surface area contributed by atoms with E-state index in [1.54, 1.807) is 6.20 Å². The van der Waals surface area contributed by atoms with Gasteiger partial charge in [-0.05, 0) is 31.8 Å². The maximum atomic E-state index is 11.8. The minimum atomic E-state index is -0.870. The van der Waals surface area contributed by atoms with E-state index in [2.05, 4.69) is 10.3 Å². The van der Waals surface area contributed by atoms with Crippen molar-refractivity contribution in [2.75, 3.05) is 18.8 Å². The van der Waals surface area contributed by atoms with Gasteiger partial charge in [0.1, 0.15) is 0 Å². The van der Waals surface area contributed by atoms with Crippen LogP contribution >= 0.6 is 23.7 Å². The highest BCUT2D eigenvalue weighted by atomic mass is 35.5. The van der Waals surface area contributed by atoms with Crippen molar-refractivity contribution in [3.63, 3.8) is 0 Å². The zero-order valence-corrected chi connectivity index (χ0v) is 10.8. The maximum absolute atomic E-state index is 11.8. The molecular formula is C9H15ClN2OS2. The van der Waals surface area contributed by atoms with Gasteiger partial charge in [-0.3, -0.25) is 4.21 Å². The second-order valence-electron chi connectivity index (χ2n) is 3.50. The fourth-order valence-electron chi connectivity index (χ4n) is 1.66. The Labute approximate surface area is 103 Å². The van der Waals surface area contributed by atoms with Crippen molar-refractivity contribution in [1.82, 2.24) is 10.3 Å². The largest absolute Gasteiger partial charge is 0.317 e. The van der Waals surface area contributed by atoms with E-state index in [0.29, 0.717) is 5.92 Å². The third kappa shape index (κ3) is 3.83. The molecule has 1 aliphatic rings. The molecule has 0 bridgehead atoms. The van der Waals surface area contributed by atoms with Crippen LogP contribution in [0.3, 0.4) is 0 Å². The Bertz CT molecular complexity index is 299. The van der Waals surface area contributed by atoms with Crippen molar-refractivity contribution in [3.05, 3.63) is 11.6 Å². The lowest BCUT2D eigenvalue weighted by Gasteiger charge is -2.21. The fourth-order valence-corrected chi connectivity index (χ4v) is 3.90. The molecule has 86 valence electrons. The second kappa shape index (κ2) is 6.58. The Balaban J connectivity index is 0.00000112. The molecule has 1 aromatic heterocycles. The normalized spacial score (nSPS) is 19.5. The van der Waals surface area contributed by atoms with Crippen molar-refractivity contribution in [3.8, 4) is 0 Å². The predicted octanol–water partition coefficient (Wildman–Crippen LogP) is 1.67. The number of hydrogen-bond donors (Lipinski definition) is 1. The zero-order chi connectivity index (χ0) is 9.80. The van der Waals surface area contributed by atoms with Gasteiger partial charge in [0.2, 0.25) is 0 Å². The minimum Gasteiger partial charge on any atom is -0.317 e. The van der Waals surface area contributed by atoms with Gasteiger partial charge in [-0.15, -0.1) is 23.7 Å². The molecular weight excluding hydrogens is 252 g/mol. The Morgan fingerprint density at radius 3 is 2.87 bits per heavy atom. The molecule has 2 rings (SSSR count). The van der Waals surface area contributed by atoms with Gasteiger partial charge < -0.3 is 5.32 Å². The van der Waals surface area contributed by atoms with Gasteiger partial charge in [0, 0.05) is 17.3 Å². The van der Waals surface area contributed by atoms with Gasteiger partial charge >= 0.3 is 0 Å². The van der Waals surface area contributed by atoms with Crippen molar-refractivity contribution >= 4 is 34.5 Å². The first-order valence-electron chi connectivity index (χ1n) is 4.85. The van der Waals surface area contributed by atoms with Gasteiger partial charge in [-0.1, -0.05) is 0 Å². The number of aromatic nitrogens is 1. The summed E-state index contributed by atoms with van der Waals surface area (Å²) in [5.74, 6) is 1.40. The summed E-state index contributed by atoms with van der Waals surface area (Å²) in [6.45, 7) is 2.14. The Morgan fingerprint density at radius 2 is 2.27 bits per heavy atom. The number of nitrogens with zero attached hydrogens (tertiary/aromatic N) is 1. The number of thiazole rings is 1. The van der Waals surface area contributed by atoms with Gasteiger partial charge in [0.25, 0.3) is 0 Å². The molecule has 0 radical (unpaired) electrons. The summed E-state index contributed by atoms with van der Waals surface area (Å²) in [6, 6.07) is 0. The van der Waals surface area contributed by atoms with Crippen LogP contribution in [0.2, 0.25) is 0 Å². The first kappa shape index (κ1) is 13.1. The van der Waals surface area contributed by atoms with Crippen LogP contribution in [0.1, 0.15) is 12.8 Å². The fraction of sp³-hybridized carbons (Fsp3) is 0.667. The topological polar surface area (TPSA) is 42.0 Å². The van der Waals surface area contributed by atoms with Crippen LogP contribution in [-0.2, 0) is 10.8 Å². The Kier molecular flexibility index (Phi) is 5.74. The quantitative estimate of drug-likeness (QED) is 0.905. The maximum Gasteiger partial charge on any atom is 0.180 e. The lowest BCUT2D eigenvalue weighted by molar-refractivity contribution is 0.405. The van der Waals surface area contributed by atoms with Crippen LogP contribution in [-0.4, -0.2) is 28.0 Å². The van der Waals surface area contributed by atoms with Gasteiger partial charge in [-0.25, -0.2) is 4.98 Å². The molecule has 1 N–H and O–H groups in total. The summed E-state index contributed by atoms with van der Waals surface area (Å²) in [7, 11) is -0.870. The molecule has 1 unspecified atom stereocenters. The summed E-state index contributed by atoms with van der Waals surface area (Å²) < 4.78 is 12.6. The summed E-state index contributed by atoms with van der Waals surface area (Å²) >= 11 is 1.49. The summed E-state index contributed by atoms with van der Waals surface area (Å²) in [4.78, 5) is 4.08. The molecule has 0 aliphatic carbocycles. The third-order valence-corrected chi connectivity index (χ3v) is 5.13. The lowest BCUT2D eigenvalue weighted by atomic mass is 10.0. The molecule has 15 heavy (non-hydrogen) atoms. The lowest BCUT2D eigenvalue weighted by Crippen LogP contribution is -2.30. The van der Waals surface area contributed by atoms with Crippen LogP contribution in [0.25, 0.3) is 0 Å². The summed E-state index contributed by atoms with van der Waals surface area (Å²) in [5.41, 5.74) is 0. The molecule has 1 fully saturated rings. The molecule has 6 heteroatoms.